The molecule has 1 unspecified atom stereocenters. The van der Waals surface area contributed by atoms with E-state index in [-0.39, 0.29) is 17.9 Å². The Hall–Kier alpha value is -1.55. The summed E-state index contributed by atoms with van der Waals surface area (Å²) in [6.45, 7) is 0.648. The molecule has 1 fully saturated rings. The molecule has 0 aromatic heterocycles. The van der Waals surface area contributed by atoms with E-state index in [9.17, 15) is 9.59 Å². The van der Waals surface area contributed by atoms with Crippen LogP contribution in [0.3, 0.4) is 0 Å². The normalized spacial score (nSPS) is 22.9. The first-order valence-corrected chi connectivity index (χ1v) is 6.35. The Morgan fingerprint density at radius 1 is 1.33 bits per heavy atom. The summed E-state index contributed by atoms with van der Waals surface area (Å²) in [5.74, 6) is -0.102. The lowest BCUT2D eigenvalue weighted by atomic mass is 10.1. The lowest BCUT2D eigenvalue weighted by molar-refractivity contribution is -0.121. The van der Waals surface area contributed by atoms with E-state index in [4.69, 9.17) is 11.6 Å². The van der Waals surface area contributed by atoms with Crippen LogP contribution in [0.1, 0.15) is 23.2 Å². The van der Waals surface area contributed by atoms with E-state index >= 15 is 0 Å². The number of hydrogen-bond acceptors (Lipinski definition) is 2. The molecule has 94 valence electrons. The van der Waals surface area contributed by atoms with Crippen molar-refractivity contribution in [1.82, 2.24) is 4.90 Å². The molecule has 18 heavy (non-hydrogen) atoms. The number of rotatable bonds is 0. The van der Waals surface area contributed by atoms with Crippen LogP contribution in [0.4, 0.5) is 5.69 Å². The maximum absolute atomic E-state index is 12.4. The first-order chi connectivity index (χ1) is 8.59. The predicted molar refractivity (Wildman–Crippen MR) is 68.9 cm³/mol. The molecule has 1 aromatic carbocycles. The van der Waals surface area contributed by atoms with Crippen LogP contribution >= 0.6 is 11.6 Å². The van der Waals surface area contributed by atoms with Crippen LogP contribution in [0.15, 0.2) is 18.2 Å². The lowest BCUT2D eigenvalue weighted by Crippen LogP contribution is -2.43. The summed E-state index contributed by atoms with van der Waals surface area (Å²) in [6.07, 6.45) is 1.63. The first kappa shape index (κ1) is 11.5. The lowest BCUT2D eigenvalue weighted by Gasteiger charge is -2.22. The minimum absolute atomic E-state index is 0.0121. The van der Waals surface area contributed by atoms with E-state index in [0.29, 0.717) is 22.8 Å². The van der Waals surface area contributed by atoms with Gasteiger partial charge in [-0.3, -0.25) is 9.59 Å². The van der Waals surface area contributed by atoms with E-state index in [1.807, 2.05) is 0 Å². The monoisotopic (exact) mass is 264 g/mol. The molecule has 0 radical (unpaired) electrons. The summed E-state index contributed by atoms with van der Waals surface area (Å²) in [5, 5.41) is 0.514. The SMILES string of the molecule is CN1C(=O)C2CCCN2C(=O)c2cc(Cl)ccc21. The highest BCUT2D eigenvalue weighted by Gasteiger charge is 2.40. The van der Waals surface area contributed by atoms with Gasteiger partial charge in [-0.05, 0) is 31.0 Å². The van der Waals surface area contributed by atoms with E-state index in [2.05, 4.69) is 0 Å². The largest absolute Gasteiger partial charge is 0.327 e. The molecule has 2 aliphatic heterocycles. The van der Waals surface area contributed by atoms with Gasteiger partial charge >= 0.3 is 0 Å². The van der Waals surface area contributed by atoms with Crippen molar-refractivity contribution in [1.29, 1.82) is 0 Å². The fraction of sp³-hybridized carbons (Fsp3) is 0.385. The van der Waals surface area contributed by atoms with Gasteiger partial charge in [0.2, 0.25) is 5.91 Å². The molecule has 1 atom stereocenters. The molecular weight excluding hydrogens is 252 g/mol. The summed E-state index contributed by atoms with van der Waals surface area (Å²) in [5.41, 5.74) is 1.16. The zero-order chi connectivity index (χ0) is 12.9. The zero-order valence-electron chi connectivity index (χ0n) is 10.0. The molecule has 2 amide bonds. The predicted octanol–water partition coefficient (Wildman–Crippen LogP) is 1.92. The smallest absolute Gasteiger partial charge is 0.256 e. The molecular formula is C13H13ClN2O2. The van der Waals surface area contributed by atoms with Crippen molar-refractivity contribution in [2.24, 2.45) is 0 Å². The number of benzene rings is 1. The average molecular weight is 265 g/mol. The second kappa shape index (κ2) is 3.99. The quantitative estimate of drug-likeness (QED) is 0.718. The topological polar surface area (TPSA) is 40.6 Å². The van der Waals surface area contributed by atoms with Crippen molar-refractivity contribution < 1.29 is 9.59 Å². The van der Waals surface area contributed by atoms with Crippen LogP contribution in [0.5, 0.6) is 0 Å². The van der Waals surface area contributed by atoms with Gasteiger partial charge in [0.1, 0.15) is 6.04 Å². The van der Waals surface area contributed by atoms with Gasteiger partial charge in [-0.1, -0.05) is 11.6 Å². The molecule has 0 aliphatic carbocycles. The molecule has 0 N–H and O–H groups in total. The second-order valence-electron chi connectivity index (χ2n) is 4.72. The van der Waals surface area contributed by atoms with Crippen molar-refractivity contribution in [3.63, 3.8) is 0 Å². The minimum atomic E-state index is -0.311. The average Bonchev–Trinajstić information content (AvgIpc) is 2.82. The van der Waals surface area contributed by atoms with Crippen molar-refractivity contribution in [3.8, 4) is 0 Å². The molecule has 1 saturated heterocycles. The van der Waals surface area contributed by atoms with Crippen LogP contribution in [0.2, 0.25) is 5.02 Å². The maximum Gasteiger partial charge on any atom is 0.256 e. The summed E-state index contributed by atoms with van der Waals surface area (Å²) in [6, 6.07) is 4.77. The van der Waals surface area contributed by atoms with Gasteiger partial charge in [0.15, 0.2) is 0 Å². The molecule has 0 saturated carbocycles. The standard InChI is InChI=1S/C13H13ClN2O2/c1-15-10-5-4-8(14)7-9(10)12(17)16-6-2-3-11(16)13(15)18/h4-5,7,11H,2-3,6H2,1H3. The summed E-state index contributed by atoms with van der Waals surface area (Å²) < 4.78 is 0. The van der Waals surface area contributed by atoms with Gasteiger partial charge in [0.05, 0.1) is 11.3 Å². The number of fused-ring (bicyclic) bond motifs is 2. The fourth-order valence-electron chi connectivity index (χ4n) is 2.74. The third-order valence-electron chi connectivity index (χ3n) is 3.68. The molecule has 3 rings (SSSR count). The Labute approximate surface area is 110 Å². The van der Waals surface area contributed by atoms with Crippen LogP contribution in [0.25, 0.3) is 0 Å². The Kier molecular flexibility index (Phi) is 2.55. The zero-order valence-corrected chi connectivity index (χ0v) is 10.8. The molecule has 2 aliphatic rings. The van der Waals surface area contributed by atoms with Crippen molar-refractivity contribution in [2.75, 3.05) is 18.5 Å². The molecule has 2 heterocycles. The third-order valence-corrected chi connectivity index (χ3v) is 3.91. The van der Waals surface area contributed by atoms with Gasteiger partial charge in [-0.2, -0.15) is 0 Å². The van der Waals surface area contributed by atoms with Crippen LogP contribution in [-0.4, -0.2) is 36.3 Å². The van der Waals surface area contributed by atoms with E-state index < -0.39 is 0 Å². The Morgan fingerprint density at radius 2 is 2.11 bits per heavy atom. The Bertz CT molecular complexity index is 544. The van der Waals surface area contributed by atoms with Crippen LogP contribution in [0, 0.1) is 0 Å². The van der Waals surface area contributed by atoms with Gasteiger partial charge < -0.3 is 9.80 Å². The van der Waals surface area contributed by atoms with Gasteiger partial charge in [-0.25, -0.2) is 0 Å². The van der Waals surface area contributed by atoms with E-state index in [1.54, 1.807) is 35.0 Å². The molecule has 0 bridgehead atoms. The summed E-state index contributed by atoms with van der Waals surface area (Å²) in [4.78, 5) is 28.0. The number of anilines is 1. The highest BCUT2D eigenvalue weighted by molar-refractivity contribution is 6.31. The summed E-state index contributed by atoms with van der Waals surface area (Å²) in [7, 11) is 1.71. The fourth-order valence-corrected chi connectivity index (χ4v) is 2.91. The molecule has 0 spiro atoms. The van der Waals surface area contributed by atoms with Crippen LogP contribution < -0.4 is 4.90 Å². The van der Waals surface area contributed by atoms with Gasteiger partial charge in [-0.15, -0.1) is 0 Å². The number of likely N-dealkylation sites (N-methyl/N-ethyl adjacent to an activating group) is 1. The number of carbonyl (C=O) groups is 2. The molecule has 1 aromatic rings. The van der Waals surface area contributed by atoms with Gasteiger partial charge in [0.25, 0.3) is 5.91 Å². The Balaban J connectivity index is 2.18. The van der Waals surface area contributed by atoms with E-state index in [1.165, 1.54) is 0 Å². The third kappa shape index (κ3) is 1.52. The number of carbonyl (C=O) groups excluding carboxylic acids is 2. The molecule has 5 heteroatoms. The van der Waals surface area contributed by atoms with Crippen LogP contribution in [-0.2, 0) is 4.79 Å². The second-order valence-corrected chi connectivity index (χ2v) is 5.15. The number of hydrogen-bond donors (Lipinski definition) is 0. The van der Waals surface area contributed by atoms with Gasteiger partial charge in [0, 0.05) is 18.6 Å². The van der Waals surface area contributed by atoms with E-state index in [0.717, 1.165) is 12.8 Å². The highest BCUT2D eigenvalue weighted by Crippen LogP contribution is 2.32. The first-order valence-electron chi connectivity index (χ1n) is 5.97. The molecule has 4 nitrogen and oxygen atoms in total. The van der Waals surface area contributed by atoms with Crippen molar-refractivity contribution >= 4 is 29.1 Å². The summed E-state index contributed by atoms with van der Waals surface area (Å²) >= 11 is 5.95. The minimum Gasteiger partial charge on any atom is -0.327 e. The van der Waals surface area contributed by atoms with Crippen molar-refractivity contribution in [3.05, 3.63) is 28.8 Å². The van der Waals surface area contributed by atoms with Crippen molar-refractivity contribution in [2.45, 2.75) is 18.9 Å². The number of amides is 2. The Morgan fingerprint density at radius 3 is 2.89 bits per heavy atom. The highest BCUT2D eigenvalue weighted by atomic mass is 35.5. The number of nitrogens with zero attached hydrogens (tertiary/aromatic N) is 2. The maximum atomic E-state index is 12.4. The number of halogens is 1.